The van der Waals surface area contributed by atoms with Gasteiger partial charge >= 0.3 is 0 Å². The molecule has 2 aromatic rings. The Bertz CT molecular complexity index is 697. The third-order valence-corrected chi connectivity index (χ3v) is 4.01. The molecule has 5 nitrogen and oxygen atoms in total. The molecule has 0 bridgehead atoms. The Kier molecular flexibility index (Phi) is 5.19. The van der Waals surface area contributed by atoms with Crippen LogP contribution >= 0.6 is 7.60 Å². The van der Waals surface area contributed by atoms with E-state index in [1.54, 1.807) is 30.3 Å². The van der Waals surface area contributed by atoms with Crippen LogP contribution < -0.4 is 26.2 Å². The van der Waals surface area contributed by atoms with Crippen molar-refractivity contribution in [2.24, 2.45) is 11.5 Å². The number of fused-ring (bicyclic) bond motifs is 3. The Balaban J connectivity index is 0.000000397. The maximum Gasteiger partial charge on any atom is 0.214 e. The van der Waals surface area contributed by atoms with Gasteiger partial charge in [0.25, 0.3) is 0 Å². The first-order valence-electron chi connectivity index (χ1n) is 5.81. The lowest BCUT2D eigenvalue weighted by atomic mass is 10.0. The van der Waals surface area contributed by atoms with E-state index in [4.69, 9.17) is 16.0 Å². The van der Waals surface area contributed by atoms with Crippen molar-refractivity contribution in [1.82, 2.24) is 0 Å². The molecule has 0 aliphatic carbocycles. The topological polar surface area (TPSA) is 101 Å². The van der Waals surface area contributed by atoms with Crippen LogP contribution in [-0.4, -0.2) is 0 Å². The predicted molar refractivity (Wildman–Crippen MR) is 84.0 cm³/mol. The Morgan fingerprint density at radius 3 is 2.14 bits per heavy atom. The molecule has 112 valence electrons. The van der Waals surface area contributed by atoms with Crippen molar-refractivity contribution < 1.29 is 14.0 Å². The van der Waals surface area contributed by atoms with Crippen LogP contribution in [0.2, 0.25) is 0 Å². The summed E-state index contributed by atoms with van der Waals surface area (Å²) in [7, 11) is -3.96. The van der Waals surface area contributed by atoms with Crippen LogP contribution in [0.3, 0.4) is 0 Å². The minimum Gasteiger partial charge on any atom is -0.765 e. The molecule has 4 N–H and O–H groups in total. The molecule has 0 fully saturated rings. The minimum absolute atomic E-state index is 0. The Morgan fingerprint density at radius 1 is 1.05 bits per heavy atom. The van der Waals surface area contributed by atoms with E-state index in [0.29, 0.717) is 11.3 Å². The smallest absolute Gasteiger partial charge is 0.214 e. The van der Waals surface area contributed by atoms with Gasteiger partial charge in [0.05, 0.1) is 5.82 Å². The lowest BCUT2D eigenvalue weighted by Crippen LogP contribution is -2.24. The van der Waals surface area contributed by atoms with E-state index in [1.165, 1.54) is 0 Å². The highest BCUT2D eigenvalue weighted by Gasteiger charge is 2.26. The quantitative estimate of drug-likeness (QED) is 0.724. The van der Waals surface area contributed by atoms with Crippen molar-refractivity contribution >= 4 is 12.9 Å². The number of para-hydroxylation sites is 1. The van der Waals surface area contributed by atoms with Crippen LogP contribution in [0.4, 0.5) is 0 Å². The highest BCUT2D eigenvalue weighted by molar-refractivity contribution is 7.60. The van der Waals surface area contributed by atoms with Gasteiger partial charge in [-0.25, -0.2) is 0 Å². The molecule has 1 atom stereocenters. The van der Waals surface area contributed by atoms with E-state index in [-0.39, 0.29) is 18.6 Å². The second kappa shape index (κ2) is 6.48. The van der Waals surface area contributed by atoms with Gasteiger partial charge in [-0.2, -0.15) is 0 Å². The van der Waals surface area contributed by atoms with E-state index >= 15 is 0 Å². The summed E-state index contributed by atoms with van der Waals surface area (Å²) in [4.78, 5) is 11.8. The van der Waals surface area contributed by atoms with E-state index in [9.17, 15) is 9.46 Å². The molecule has 0 amide bonds. The molecule has 6 heteroatoms. The minimum atomic E-state index is -3.96. The van der Waals surface area contributed by atoms with Crippen LogP contribution in [-0.2, 0) is 4.57 Å². The van der Waals surface area contributed by atoms with Crippen LogP contribution in [0.5, 0.6) is 5.75 Å². The van der Waals surface area contributed by atoms with Gasteiger partial charge in [-0.1, -0.05) is 50.4 Å². The highest BCUT2D eigenvalue weighted by atomic mass is 31.2. The van der Waals surface area contributed by atoms with Gasteiger partial charge in [-0.15, -0.1) is 0 Å². The standard InChI is InChI=1S/C12H9O3P.C2H6N2.CH4/c13-16(14)12-8-4-2-6-10(12)9-5-1-3-7-11(9)15-16;1-2(3)4;/h1-8H,(H,13,14);1,3-4H2;1H4/p-1. The van der Waals surface area contributed by atoms with Crippen LogP contribution in [0, 0.1) is 0 Å². The molecule has 0 saturated carbocycles. The van der Waals surface area contributed by atoms with Gasteiger partial charge in [-0.05, 0) is 17.7 Å². The van der Waals surface area contributed by atoms with E-state index in [0.717, 1.165) is 5.56 Å². The molecule has 0 radical (unpaired) electrons. The van der Waals surface area contributed by atoms with Crippen molar-refractivity contribution in [3.8, 4) is 16.9 Å². The zero-order valence-electron chi connectivity index (χ0n) is 10.7. The maximum absolute atomic E-state index is 11.8. The Hall–Kier alpha value is -2.23. The monoisotopic (exact) mass is 305 g/mol. The fourth-order valence-corrected chi connectivity index (χ4v) is 3.16. The van der Waals surface area contributed by atoms with Crippen molar-refractivity contribution in [1.29, 1.82) is 0 Å². The van der Waals surface area contributed by atoms with Crippen molar-refractivity contribution in [3.63, 3.8) is 0 Å². The number of hydrogen-bond donors (Lipinski definition) is 2. The summed E-state index contributed by atoms with van der Waals surface area (Å²) in [5.41, 5.74) is 10.9. The fraction of sp³-hybridized carbons (Fsp3) is 0.0667. The molecular weight excluding hydrogens is 287 g/mol. The first-order valence-corrected chi connectivity index (χ1v) is 7.35. The van der Waals surface area contributed by atoms with Gasteiger partial charge in [-0.3, -0.25) is 4.57 Å². The summed E-state index contributed by atoms with van der Waals surface area (Å²) in [6.07, 6.45) is 0. The summed E-state index contributed by atoms with van der Waals surface area (Å²) >= 11 is 0. The first-order chi connectivity index (χ1) is 9.42. The molecule has 1 aliphatic rings. The van der Waals surface area contributed by atoms with Crippen LogP contribution in [0.1, 0.15) is 7.43 Å². The van der Waals surface area contributed by atoms with Gasteiger partial charge in [0, 0.05) is 10.9 Å². The second-order valence-corrected chi connectivity index (χ2v) is 5.84. The molecular formula is C15H18N2O3P-. The number of rotatable bonds is 0. The van der Waals surface area contributed by atoms with Crippen molar-refractivity contribution in [3.05, 3.63) is 60.9 Å². The maximum atomic E-state index is 11.8. The summed E-state index contributed by atoms with van der Waals surface area (Å²) < 4.78 is 16.9. The molecule has 3 rings (SSSR count). The Labute approximate surface area is 124 Å². The summed E-state index contributed by atoms with van der Waals surface area (Å²) in [5.74, 6) is 0.569. The molecule has 1 unspecified atom stereocenters. The lowest BCUT2D eigenvalue weighted by Gasteiger charge is -2.31. The summed E-state index contributed by atoms with van der Waals surface area (Å²) in [5, 5.41) is 0.258. The summed E-state index contributed by atoms with van der Waals surface area (Å²) in [6.45, 7) is 3.11. The van der Waals surface area contributed by atoms with Crippen LogP contribution in [0.25, 0.3) is 11.1 Å². The zero-order valence-corrected chi connectivity index (χ0v) is 11.5. The average Bonchev–Trinajstić information content (AvgIpc) is 2.38. The highest BCUT2D eigenvalue weighted by Crippen LogP contribution is 2.48. The van der Waals surface area contributed by atoms with E-state index in [1.807, 2.05) is 18.2 Å². The van der Waals surface area contributed by atoms with Gasteiger partial charge < -0.3 is 20.9 Å². The number of benzene rings is 2. The van der Waals surface area contributed by atoms with E-state index < -0.39 is 7.60 Å². The molecule has 1 heterocycles. The number of nitrogens with two attached hydrogens (primary N) is 2. The average molecular weight is 305 g/mol. The molecule has 0 aromatic heterocycles. The third kappa shape index (κ3) is 3.66. The zero-order chi connectivity index (χ0) is 14.8. The molecule has 0 spiro atoms. The van der Waals surface area contributed by atoms with Gasteiger partial charge in [0.2, 0.25) is 7.60 Å². The molecule has 1 aliphatic heterocycles. The van der Waals surface area contributed by atoms with Crippen LogP contribution in [0.15, 0.2) is 60.9 Å². The fourth-order valence-electron chi connectivity index (χ4n) is 1.89. The normalized spacial score (nSPS) is 17.8. The lowest BCUT2D eigenvalue weighted by molar-refractivity contribution is -0.186. The molecule has 21 heavy (non-hydrogen) atoms. The number of hydrogen-bond acceptors (Lipinski definition) is 5. The predicted octanol–water partition coefficient (Wildman–Crippen LogP) is 1.94. The Morgan fingerprint density at radius 2 is 1.52 bits per heavy atom. The molecule has 0 saturated heterocycles. The summed E-state index contributed by atoms with van der Waals surface area (Å²) in [6, 6.07) is 14.0. The van der Waals surface area contributed by atoms with Gasteiger partial charge in [0.1, 0.15) is 5.75 Å². The SMILES string of the molecule is C.C=C(N)N.O=P1([O-])Oc2ccccc2-c2ccccc21. The largest absolute Gasteiger partial charge is 0.765 e. The van der Waals surface area contributed by atoms with Crippen molar-refractivity contribution in [2.75, 3.05) is 0 Å². The van der Waals surface area contributed by atoms with E-state index in [2.05, 4.69) is 6.58 Å². The molecule has 2 aromatic carbocycles. The first kappa shape index (κ1) is 16.8. The second-order valence-electron chi connectivity index (χ2n) is 4.18. The third-order valence-electron chi connectivity index (χ3n) is 2.59. The van der Waals surface area contributed by atoms with Gasteiger partial charge in [0.15, 0.2) is 0 Å². The van der Waals surface area contributed by atoms with Crippen molar-refractivity contribution in [2.45, 2.75) is 7.43 Å².